The van der Waals surface area contributed by atoms with E-state index in [9.17, 15) is 26.4 Å². The lowest BCUT2D eigenvalue weighted by atomic mass is 9.88. The zero-order chi connectivity index (χ0) is 20.3. The quantitative estimate of drug-likeness (QED) is 0.656. The van der Waals surface area contributed by atoms with Gasteiger partial charge in [-0.15, -0.1) is 0 Å². The highest BCUT2D eigenvalue weighted by Crippen LogP contribution is 2.33. The van der Waals surface area contributed by atoms with Crippen molar-refractivity contribution in [2.75, 3.05) is 6.54 Å². The van der Waals surface area contributed by atoms with Crippen LogP contribution < -0.4 is 15.8 Å². The first-order valence-corrected chi connectivity index (χ1v) is 9.43. The Morgan fingerprint density at radius 2 is 1.73 bits per heavy atom. The molecule has 148 valence electrons. The van der Waals surface area contributed by atoms with E-state index in [1.807, 2.05) is 18.6 Å². The molecule has 1 rings (SSSR count). The van der Waals surface area contributed by atoms with E-state index in [0.29, 0.717) is 6.07 Å². The molecule has 0 fully saturated rings. The fourth-order valence-corrected chi connectivity index (χ4v) is 3.54. The molecule has 2 unspecified atom stereocenters. The molecule has 0 aliphatic heterocycles. The molecule has 0 saturated carbocycles. The molecule has 2 atom stereocenters. The van der Waals surface area contributed by atoms with Gasteiger partial charge in [0.25, 0.3) is 0 Å². The standard InChI is InChI=1S/C16H24F3N3O3S/c1-10(2)15(4,9-20)21-14(23)11(3)22-26(24,25)13-8-6-5-7-12(13)16(17,18)19/h5-8,10-11,22H,9,20H2,1-4H3,(H,21,23). The predicted molar refractivity (Wildman–Crippen MR) is 91.7 cm³/mol. The Morgan fingerprint density at radius 1 is 1.19 bits per heavy atom. The van der Waals surface area contributed by atoms with Crippen LogP contribution >= 0.6 is 0 Å². The highest BCUT2D eigenvalue weighted by molar-refractivity contribution is 7.89. The average Bonchev–Trinajstić information content (AvgIpc) is 2.53. The Hall–Kier alpha value is -1.65. The summed E-state index contributed by atoms with van der Waals surface area (Å²) in [6.45, 7) is 6.74. The average molecular weight is 395 g/mol. The zero-order valence-electron chi connectivity index (χ0n) is 15.0. The van der Waals surface area contributed by atoms with Gasteiger partial charge in [-0.1, -0.05) is 26.0 Å². The number of alkyl halides is 3. The molecule has 4 N–H and O–H groups in total. The van der Waals surface area contributed by atoms with Crippen LogP contribution in [0.1, 0.15) is 33.3 Å². The lowest BCUT2D eigenvalue weighted by Gasteiger charge is -2.34. The van der Waals surface area contributed by atoms with Crippen molar-refractivity contribution in [1.29, 1.82) is 0 Å². The largest absolute Gasteiger partial charge is 0.417 e. The normalized spacial score (nSPS) is 16.2. The Balaban J connectivity index is 3.06. The van der Waals surface area contributed by atoms with Crippen molar-refractivity contribution in [1.82, 2.24) is 10.0 Å². The molecule has 26 heavy (non-hydrogen) atoms. The molecule has 0 bridgehead atoms. The molecular weight excluding hydrogens is 371 g/mol. The maximum Gasteiger partial charge on any atom is 0.417 e. The van der Waals surface area contributed by atoms with Gasteiger partial charge in [-0.05, 0) is 31.9 Å². The van der Waals surface area contributed by atoms with Gasteiger partial charge < -0.3 is 11.1 Å². The summed E-state index contributed by atoms with van der Waals surface area (Å²) in [6, 6.07) is 2.50. The molecule has 1 aromatic rings. The number of carbonyl (C=O) groups is 1. The number of halogens is 3. The van der Waals surface area contributed by atoms with E-state index in [4.69, 9.17) is 5.73 Å². The zero-order valence-corrected chi connectivity index (χ0v) is 15.8. The molecule has 0 spiro atoms. The molecule has 0 aromatic heterocycles. The van der Waals surface area contributed by atoms with Crippen LogP contribution in [0.15, 0.2) is 29.2 Å². The number of benzene rings is 1. The van der Waals surface area contributed by atoms with Gasteiger partial charge in [0.1, 0.15) is 0 Å². The Kier molecular flexibility index (Phi) is 6.83. The maximum absolute atomic E-state index is 13.0. The van der Waals surface area contributed by atoms with Gasteiger partial charge in [-0.25, -0.2) is 8.42 Å². The van der Waals surface area contributed by atoms with Crippen molar-refractivity contribution < 1.29 is 26.4 Å². The maximum atomic E-state index is 13.0. The predicted octanol–water partition coefficient (Wildman–Crippen LogP) is 1.86. The van der Waals surface area contributed by atoms with E-state index in [2.05, 4.69) is 5.32 Å². The number of sulfonamides is 1. The van der Waals surface area contributed by atoms with Crippen LogP contribution in [0.4, 0.5) is 13.2 Å². The number of rotatable bonds is 7. The molecule has 0 aliphatic rings. The first-order valence-electron chi connectivity index (χ1n) is 7.95. The monoisotopic (exact) mass is 395 g/mol. The highest BCUT2D eigenvalue weighted by atomic mass is 32.2. The molecule has 6 nitrogen and oxygen atoms in total. The van der Waals surface area contributed by atoms with Gasteiger partial charge in [-0.2, -0.15) is 17.9 Å². The Bertz CT molecular complexity index is 751. The van der Waals surface area contributed by atoms with Crippen LogP contribution in [0.3, 0.4) is 0 Å². The fraction of sp³-hybridized carbons (Fsp3) is 0.562. The summed E-state index contributed by atoms with van der Waals surface area (Å²) in [6.07, 6.45) is -4.84. The molecule has 1 amide bonds. The Morgan fingerprint density at radius 3 is 2.19 bits per heavy atom. The van der Waals surface area contributed by atoms with E-state index >= 15 is 0 Å². The summed E-state index contributed by atoms with van der Waals surface area (Å²) in [4.78, 5) is 11.4. The third-order valence-corrected chi connectivity index (χ3v) is 5.91. The van der Waals surface area contributed by atoms with Crippen molar-refractivity contribution in [2.45, 2.75) is 50.3 Å². The molecule has 0 radical (unpaired) electrons. The van der Waals surface area contributed by atoms with Gasteiger partial charge >= 0.3 is 6.18 Å². The number of amides is 1. The molecular formula is C16H24F3N3O3S. The second kappa shape index (κ2) is 7.93. The summed E-state index contributed by atoms with van der Waals surface area (Å²) in [5.74, 6) is -0.717. The summed E-state index contributed by atoms with van der Waals surface area (Å²) < 4.78 is 65.9. The van der Waals surface area contributed by atoms with E-state index < -0.39 is 44.1 Å². The number of hydrogen-bond donors (Lipinski definition) is 3. The summed E-state index contributed by atoms with van der Waals surface area (Å²) in [7, 11) is -4.56. The van der Waals surface area contributed by atoms with Gasteiger partial charge in [-0.3, -0.25) is 4.79 Å². The van der Waals surface area contributed by atoms with Crippen LogP contribution in [-0.2, 0) is 21.0 Å². The van der Waals surface area contributed by atoms with Gasteiger partial charge in [0.15, 0.2) is 0 Å². The molecule has 0 heterocycles. The highest BCUT2D eigenvalue weighted by Gasteiger charge is 2.38. The van der Waals surface area contributed by atoms with E-state index in [1.54, 1.807) is 6.92 Å². The van der Waals surface area contributed by atoms with Gasteiger partial charge in [0.2, 0.25) is 15.9 Å². The van der Waals surface area contributed by atoms with E-state index in [-0.39, 0.29) is 12.5 Å². The van der Waals surface area contributed by atoms with Crippen LogP contribution in [0, 0.1) is 5.92 Å². The topological polar surface area (TPSA) is 101 Å². The number of carbonyl (C=O) groups excluding carboxylic acids is 1. The SMILES string of the molecule is CC(NS(=O)(=O)c1ccccc1C(F)(F)F)C(=O)NC(C)(CN)C(C)C. The summed E-state index contributed by atoms with van der Waals surface area (Å²) in [5.41, 5.74) is 3.59. The first-order chi connectivity index (χ1) is 11.7. The van der Waals surface area contributed by atoms with Crippen LogP contribution in [0.5, 0.6) is 0 Å². The van der Waals surface area contributed by atoms with E-state index in [1.165, 1.54) is 13.0 Å². The molecule has 10 heteroatoms. The van der Waals surface area contributed by atoms with Crippen LogP contribution in [-0.4, -0.2) is 32.5 Å². The minimum Gasteiger partial charge on any atom is -0.348 e. The number of hydrogen-bond acceptors (Lipinski definition) is 4. The second-order valence-corrected chi connectivity index (χ2v) is 8.28. The molecule has 0 saturated heterocycles. The third-order valence-electron chi connectivity index (χ3n) is 4.31. The first kappa shape index (κ1) is 22.4. The van der Waals surface area contributed by atoms with Crippen molar-refractivity contribution >= 4 is 15.9 Å². The van der Waals surface area contributed by atoms with Crippen molar-refractivity contribution in [3.8, 4) is 0 Å². The third kappa shape index (κ3) is 5.18. The smallest absolute Gasteiger partial charge is 0.348 e. The van der Waals surface area contributed by atoms with E-state index in [0.717, 1.165) is 12.1 Å². The summed E-state index contributed by atoms with van der Waals surface area (Å²) in [5, 5.41) is 2.65. The van der Waals surface area contributed by atoms with Crippen molar-refractivity contribution in [3.05, 3.63) is 29.8 Å². The Labute approximate surface area is 151 Å². The van der Waals surface area contributed by atoms with Crippen molar-refractivity contribution in [3.63, 3.8) is 0 Å². The lowest BCUT2D eigenvalue weighted by Crippen LogP contribution is -2.59. The molecule has 0 aliphatic carbocycles. The number of nitrogens with two attached hydrogens (primary N) is 1. The van der Waals surface area contributed by atoms with Gasteiger partial charge in [0.05, 0.1) is 22.0 Å². The van der Waals surface area contributed by atoms with Crippen molar-refractivity contribution in [2.24, 2.45) is 11.7 Å². The van der Waals surface area contributed by atoms with Gasteiger partial charge in [0, 0.05) is 6.54 Å². The van der Waals surface area contributed by atoms with Crippen LogP contribution in [0.2, 0.25) is 0 Å². The molecule has 1 aromatic carbocycles. The fourth-order valence-electron chi connectivity index (χ4n) is 2.11. The second-order valence-electron chi connectivity index (χ2n) is 6.60. The number of nitrogens with one attached hydrogen (secondary N) is 2. The minimum atomic E-state index is -4.84. The van der Waals surface area contributed by atoms with Crippen LogP contribution in [0.25, 0.3) is 0 Å². The minimum absolute atomic E-state index is 0.0359. The lowest BCUT2D eigenvalue weighted by molar-refractivity contribution is -0.139. The summed E-state index contributed by atoms with van der Waals surface area (Å²) >= 11 is 0.